The SMILES string of the molecule is COc1ccc([C@H](C)O)c(OCc2c(Br)c(C)nn2C)c1. The average molecular weight is 355 g/mol. The van der Waals surface area contributed by atoms with Crippen molar-refractivity contribution in [3.8, 4) is 11.5 Å². The summed E-state index contributed by atoms with van der Waals surface area (Å²) in [5, 5.41) is 14.2. The molecule has 2 rings (SSSR count). The van der Waals surface area contributed by atoms with Crippen molar-refractivity contribution in [3.05, 3.63) is 39.6 Å². The number of aromatic nitrogens is 2. The van der Waals surface area contributed by atoms with Crippen molar-refractivity contribution in [2.24, 2.45) is 7.05 Å². The van der Waals surface area contributed by atoms with E-state index in [-0.39, 0.29) is 0 Å². The van der Waals surface area contributed by atoms with Crippen LogP contribution in [-0.4, -0.2) is 22.0 Å². The molecule has 0 aliphatic carbocycles. The molecule has 1 heterocycles. The van der Waals surface area contributed by atoms with E-state index in [1.165, 1.54) is 0 Å². The molecule has 21 heavy (non-hydrogen) atoms. The summed E-state index contributed by atoms with van der Waals surface area (Å²) in [4.78, 5) is 0. The van der Waals surface area contributed by atoms with Gasteiger partial charge in [0.25, 0.3) is 0 Å². The number of benzene rings is 1. The average Bonchev–Trinajstić information content (AvgIpc) is 2.69. The second-order valence-electron chi connectivity index (χ2n) is 4.84. The van der Waals surface area contributed by atoms with E-state index in [2.05, 4.69) is 21.0 Å². The van der Waals surface area contributed by atoms with E-state index < -0.39 is 6.10 Å². The van der Waals surface area contributed by atoms with E-state index in [9.17, 15) is 5.11 Å². The zero-order chi connectivity index (χ0) is 15.6. The minimum atomic E-state index is -0.609. The van der Waals surface area contributed by atoms with E-state index in [0.717, 1.165) is 21.4 Å². The van der Waals surface area contributed by atoms with Gasteiger partial charge in [-0.05, 0) is 41.9 Å². The van der Waals surface area contributed by atoms with Gasteiger partial charge in [-0.1, -0.05) is 0 Å². The van der Waals surface area contributed by atoms with Crippen molar-refractivity contribution in [1.29, 1.82) is 0 Å². The first-order valence-electron chi connectivity index (χ1n) is 6.60. The first-order valence-corrected chi connectivity index (χ1v) is 7.40. The number of halogens is 1. The predicted molar refractivity (Wildman–Crippen MR) is 83.6 cm³/mol. The van der Waals surface area contributed by atoms with Crippen molar-refractivity contribution in [2.75, 3.05) is 7.11 Å². The molecule has 0 fully saturated rings. The van der Waals surface area contributed by atoms with Crippen molar-refractivity contribution in [2.45, 2.75) is 26.6 Å². The van der Waals surface area contributed by atoms with Gasteiger partial charge in [0, 0.05) is 18.7 Å². The molecule has 1 aromatic carbocycles. The first-order chi connectivity index (χ1) is 9.93. The second kappa shape index (κ2) is 6.49. The Kier molecular flexibility index (Phi) is 4.90. The highest BCUT2D eigenvalue weighted by atomic mass is 79.9. The van der Waals surface area contributed by atoms with Gasteiger partial charge in [-0.2, -0.15) is 5.10 Å². The highest BCUT2D eigenvalue weighted by molar-refractivity contribution is 9.10. The highest BCUT2D eigenvalue weighted by Crippen LogP contribution is 2.31. The molecule has 0 unspecified atom stereocenters. The lowest BCUT2D eigenvalue weighted by Gasteiger charge is -2.15. The lowest BCUT2D eigenvalue weighted by atomic mass is 10.1. The van der Waals surface area contributed by atoms with Crippen molar-refractivity contribution in [3.63, 3.8) is 0 Å². The lowest BCUT2D eigenvalue weighted by molar-refractivity contribution is 0.189. The molecule has 1 N–H and O–H groups in total. The topological polar surface area (TPSA) is 56.5 Å². The molecule has 0 spiro atoms. The molecule has 1 atom stereocenters. The van der Waals surface area contributed by atoms with Gasteiger partial charge in [-0.15, -0.1) is 0 Å². The van der Waals surface area contributed by atoms with E-state index in [1.54, 1.807) is 30.8 Å². The Bertz CT molecular complexity index is 638. The molecule has 0 amide bonds. The van der Waals surface area contributed by atoms with Gasteiger partial charge in [-0.3, -0.25) is 4.68 Å². The number of ether oxygens (including phenoxy) is 2. The van der Waals surface area contributed by atoms with E-state index >= 15 is 0 Å². The molecule has 0 aliphatic rings. The van der Waals surface area contributed by atoms with Crippen LogP contribution >= 0.6 is 15.9 Å². The summed E-state index contributed by atoms with van der Waals surface area (Å²) in [5.74, 6) is 1.30. The minimum absolute atomic E-state index is 0.352. The first kappa shape index (κ1) is 15.9. The standard InChI is InChI=1S/C15H19BrN2O3/c1-9-15(16)13(18(3)17-9)8-21-14-7-11(20-4)5-6-12(14)10(2)19/h5-7,10,19H,8H2,1-4H3/t10-/m0/s1. The normalized spacial score (nSPS) is 12.3. The third-order valence-corrected chi connectivity index (χ3v) is 4.33. The molecule has 2 aromatic rings. The number of nitrogens with zero attached hydrogens (tertiary/aromatic N) is 2. The third kappa shape index (κ3) is 3.39. The number of aryl methyl sites for hydroxylation is 2. The summed E-state index contributed by atoms with van der Waals surface area (Å²) in [7, 11) is 3.47. The van der Waals surface area contributed by atoms with Crippen molar-refractivity contribution >= 4 is 15.9 Å². The lowest BCUT2D eigenvalue weighted by Crippen LogP contribution is -2.06. The number of methoxy groups -OCH3 is 1. The molecule has 114 valence electrons. The molecule has 5 nitrogen and oxygen atoms in total. The quantitative estimate of drug-likeness (QED) is 0.895. The van der Waals surface area contributed by atoms with Gasteiger partial charge in [0.1, 0.15) is 18.1 Å². The second-order valence-corrected chi connectivity index (χ2v) is 5.63. The van der Waals surface area contributed by atoms with Gasteiger partial charge in [-0.25, -0.2) is 0 Å². The van der Waals surface area contributed by atoms with Crippen LogP contribution in [0.2, 0.25) is 0 Å². The number of aliphatic hydroxyl groups is 1. The summed E-state index contributed by atoms with van der Waals surface area (Å²) in [6.07, 6.45) is -0.609. The van der Waals surface area contributed by atoms with Crippen LogP contribution in [0.25, 0.3) is 0 Å². The van der Waals surface area contributed by atoms with Gasteiger partial charge in [0.15, 0.2) is 0 Å². The summed E-state index contributed by atoms with van der Waals surface area (Å²) in [6, 6.07) is 5.39. The fourth-order valence-corrected chi connectivity index (χ4v) is 2.55. The molecule has 0 radical (unpaired) electrons. The Labute approximate surface area is 132 Å². The summed E-state index contributed by atoms with van der Waals surface area (Å²) < 4.78 is 13.8. The van der Waals surface area contributed by atoms with Crippen LogP contribution < -0.4 is 9.47 Å². The molecular weight excluding hydrogens is 336 g/mol. The fourth-order valence-electron chi connectivity index (χ4n) is 2.09. The maximum atomic E-state index is 9.83. The fraction of sp³-hybridized carbons (Fsp3) is 0.400. The van der Waals surface area contributed by atoms with Crippen LogP contribution in [0.4, 0.5) is 0 Å². The van der Waals surface area contributed by atoms with E-state index in [0.29, 0.717) is 18.1 Å². The minimum Gasteiger partial charge on any atom is -0.497 e. The van der Waals surface area contributed by atoms with Gasteiger partial charge in [0.05, 0.1) is 29.1 Å². The molecule has 6 heteroatoms. The van der Waals surface area contributed by atoms with Crippen LogP contribution in [0.5, 0.6) is 11.5 Å². The van der Waals surface area contributed by atoms with E-state index in [4.69, 9.17) is 9.47 Å². The summed E-state index contributed by atoms with van der Waals surface area (Å²) in [6.45, 7) is 3.99. The number of hydrogen-bond acceptors (Lipinski definition) is 4. The van der Waals surface area contributed by atoms with Crippen LogP contribution in [0.3, 0.4) is 0 Å². The molecule has 0 aliphatic heterocycles. The van der Waals surface area contributed by atoms with Gasteiger partial charge < -0.3 is 14.6 Å². The van der Waals surface area contributed by atoms with Crippen LogP contribution in [0.15, 0.2) is 22.7 Å². The van der Waals surface area contributed by atoms with Crippen molar-refractivity contribution < 1.29 is 14.6 Å². The maximum absolute atomic E-state index is 9.83. The Morgan fingerprint density at radius 3 is 2.67 bits per heavy atom. The van der Waals surface area contributed by atoms with Crippen LogP contribution in [0, 0.1) is 6.92 Å². The van der Waals surface area contributed by atoms with Gasteiger partial charge in [0.2, 0.25) is 0 Å². The van der Waals surface area contributed by atoms with E-state index in [1.807, 2.05) is 20.0 Å². The highest BCUT2D eigenvalue weighted by Gasteiger charge is 2.14. The predicted octanol–water partition coefficient (Wildman–Crippen LogP) is 3.13. The molecule has 0 saturated heterocycles. The third-order valence-electron chi connectivity index (χ3n) is 3.30. The Morgan fingerprint density at radius 2 is 2.14 bits per heavy atom. The molecule has 1 aromatic heterocycles. The number of hydrogen-bond donors (Lipinski definition) is 1. The zero-order valence-corrected chi connectivity index (χ0v) is 14.1. The molecule has 0 bridgehead atoms. The van der Waals surface area contributed by atoms with Crippen molar-refractivity contribution in [1.82, 2.24) is 9.78 Å². The summed E-state index contributed by atoms with van der Waals surface area (Å²) >= 11 is 3.51. The smallest absolute Gasteiger partial charge is 0.131 e. The maximum Gasteiger partial charge on any atom is 0.131 e. The molecule has 0 saturated carbocycles. The number of rotatable bonds is 5. The Hall–Kier alpha value is -1.53. The zero-order valence-electron chi connectivity index (χ0n) is 12.6. The Morgan fingerprint density at radius 1 is 1.43 bits per heavy atom. The largest absolute Gasteiger partial charge is 0.497 e. The van der Waals surface area contributed by atoms with Gasteiger partial charge >= 0.3 is 0 Å². The summed E-state index contributed by atoms with van der Waals surface area (Å²) in [5.41, 5.74) is 2.58. The monoisotopic (exact) mass is 354 g/mol. The molecular formula is C15H19BrN2O3. The Balaban J connectivity index is 2.26. The van der Waals surface area contributed by atoms with Crippen LogP contribution in [-0.2, 0) is 13.7 Å². The number of aliphatic hydroxyl groups excluding tert-OH is 1. The van der Waals surface area contributed by atoms with Crippen LogP contribution in [0.1, 0.15) is 30.0 Å².